The molecule has 0 saturated carbocycles. The van der Waals surface area contributed by atoms with E-state index in [-0.39, 0.29) is 22.2 Å². The summed E-state index contributed by atoms with van der Waals surface area (Å²) in [6.45, 7) is 0.434. The van der Waals surface area contributed by atoms with Crippen molar-refractivity contribution in [1.82, 2.24) is 0 Å². The van der Waals surface area contributed by atoms with Crippen LogP contribution in [0.4, 0.5) is 4.39 Å². The molecule has 1 aliphatic rings. The number of hydrogen-bond donors (Lipinski definition) is 1. The number of nitrogens with two attached hydrogens (primary N) is 1. The van der Waals surface area contributed by atoms with Crippen LogP contribution in [-0.2, 0) is 16.3 Å². The molecule has 2 aromatic rings. The van der Waals surface area contributed by atoms with Crippen LogP contribution in [-0.4, -0.2) is 15.0 Å². The second-order valence-corrected chi connectivity index (χ2v) is 7.20. The highest BCUT2D eigenvalue weighted by Crippen LogP contribution is 2.30. The molecule has 6 heteroatoms. The van der Waals surface area contributed by atoms with Crippen molar-refractivity contribution in [2.75, 3.05) is 6.54 Å². The number of rotatable bonds is 3. The van der Waals surface area contributed by atoms with Gasteiger partial charge in [-0.15, -0.1) is 12.4 Å². The van der Waals surface area contributed by atoms with Crippen LogP contribution in [0.1, 0.15) is 17.5 Å². The van der Waals surface area contributed by atoms with E-state index in [1.165, 1.54) is 18.2 Å². The largest absolute Gasteiger partial charge is 0.326 e. The lowest BCUT2D eigenvalue weighted by molar-refractivity contribution is 0.590. The van der Waals surface area contributed by atoms with E-state index in [0.29, 0.717) is 6.54 Å². The smallest absolute Gasteiger partial charge is 0.206 e. The Labute approximate surface area is 141 Å². The minimum atomic E-state index is -3.71. The summed E-state index contributed by atoms with van der Waals surface area (Å²) in [5, 5.41) is 0. The SMILES string of the molecule is Cl.NCC1=CCCc2cc(S(=O)(=O)c3cccc(F)c3)ccc21. The first kappa shape index (κ1) is 17.7. The molecule has 0 bridgehead atoms. The molecule has 3 nitrogen and oxygen atoms in total. The fourth-order valence-corrected chi connectivity index (χ4v) is 4.07. The summed E-state index contributed by atoms with van der Waals surface area (Å²) in [6, 6.07) is 10.1. The summed E-state index contributed by atoms with van der Waals surface area (Å²) < 4.78 is 38.5. The van der Waals surface area contributed by atoms with Gasteiger partial charge >= 0.3 is 0 Å². The fourth-order valence-electron chi connectivity index (χ4n) is 2.73. The van der Waals surface area contributed by atoms with Crippen LogP contribution in [0.25, 0.3) is 5.57 Å². The van der Waals surface area contributed by atoms with E-state index in [2.05, 4.69) is 6.08 Å². The highest BCUT2D eigenvalue weighted by molar-refractivity contribution is 7.91. The number of hydrogen-bond acceptors (Lipinski definition) is 3. The van der Waals surface area contributed by atoms with E-state index in [9.17, 15) is 12.8 Å². The van der Waals surface area contributed by atoms with Crippen molar-refractivity contribution in [1.29, 1.82) is 0 Å². The molecule has 1 aliphatic carbocycles. The van der Waals surface area contributed by atoms with E-state index in [0.717, 1.165) is 35.6 Å². The van der Waals surface area contributed by atoms with Crippen molar-refractivity contribution >= 4 is 27.8 Å². The van der Waals surface area contributed by atoms with E-state index >= 15 is 0 Å². The quantitative estimate of drug-likeness (QED) is 0.920. The molecule has 0 fully saturated rings. The monoisotopic (exact) mass is 353 g/mol. The Morgan fingerprint density at radius 2 is 1.83 bits per heavy atom. The van der Waals surface area contributed by atoms with Gasteiger partial charge in [0.15, 0.2) is 0 Å². The van der Waals surface area contributed by atoms with Gasteiger partial charge in [-0.1, -0.05) is 18.2 Å². The standard InChI is InChI=1S/C17H16FNO2S.ClH/c18-14-5-2-6-15(10-14)22(20,21)16-7-8-17-12(9-16)3-1-4-13(17)11-19;/h2,4-10H,1,3,11,19H2;1H. The minimum Gasteiger partial charge on any atom is -0.326 e. The molecule has 0 spiro atoms. The predicted octanol–water partition coefficient (Wildman–Crippen LogP) is 3.37. The average molecular weight is 354 g/mol. The van der Waals surface area contributed by atoms with Crippen molar-refractivity contribution < 1.29 is 12.8 Å². The van der Waals surface area contributed by atoms with Gasteiger partial charge in [-0.2, -0.15) is 0 Å². The fraction of sp³-hybridized carbons (Fsp3) is 0.176. The molecule has 0 aliphatic heterocycles. The van der Waals surface area contributed by atoms with Crippen molar-refractivity contribution in [3.63, 3.8) is 0 Å². The molecule has 3 rings (SSSR count). The first-order valence-corrected chi connectivity index (χ1v) is 8.54. The first-order chi connectivity index (χ1) is 10.5. The Morgan fingerprint density at radius 1 is 1.09 bits per heavy atom. The van der Waals surface area contributed by atoms with Crippen LogP contribution in [0.15, 0.2) is 58.3 Å². The number of aryl methyl sites for hydroxylation is 1. The van der Waals surface area contributed by atoms with Crippen LogP contribution in [0.2, 0.25) is 0 Å². The maximum absolute atomic E-state index is 13.3. The summed E-state index contributed by atoms with van der Waals surface area (Å²) in [5.41, 5.74) is 8.74. The highest BCUT2D eigenvalue weighted by atomic mass is 35.5. The molecule has 122 valence electrons. The molecule has 2 N–H and O–H groups in total. The molecule has 0 radical (unpaired) electrons. The molecular weight excluding hydrogens is 337 g/mol. The van der Waals surface area contributed by atoms with Crippen molar-refractivity contribution in [2.45, 2.75) is 22.6 Å². The first-order valence-electron chi connectivity index (χ1n) is 7.05. The number of benzene rings is 2. The van der Waals surface area contributed by atoms with Crippen LogP contribution < -0.4 is 5.73 Å². The molecule has 0 saturated heterocycles. The third-order valence-corrected chi connectivity index (χ3v) is 5.61. The van der Waals surface area contributed by atoms with Gasteiger partial charge in [0.2, 0.25) is 9.84 Å². The van der Waals surface area contributed by atoms with Gasteiger partial charge in [0, 0.05) is 6.54 Å². The molecule has 0 atom stereocenters. The molecule has 2 aromatic carbocycles. The molecule has 0 amide bonds. The van der Waals surface area contributed by atoms with Crippen LogP contribution in [0.3, 0.4) is 0 Å². The summed E-state index contributed by atoms with van der Waals surface area (Å²) in [6.07, 6.45) is 3.72. The average Bonchev–Trinajstić information content (AvgIpc) is 2.53. The Balaban J connectivity index is 0.00000192. The predicted molar refractivity (Wildman–Crippen MR) is 90.9 cm³/mol. The number of sulfone groups is 1. The van der Waals surface area contributed by atoms with E-state index in [4.69, 9.17) is 5.73 Å². The summed E-state index contributed by atoms with van der Waals surface area (Å²) in [5.74, 6) is -0.563. The molecule has 0 aromatic heterocycles. The number of fused-ring (bicyclic) bond motifs is 1. The lowest BCUT2D eigenvalue weighted by Gasteiger charge is -2.18. The second-order valence-electron chi connectivity index (χ2n) is 5.25. The summed E-state index contributed by atoms with van der Waals surface area (Å²) in [4.78, 5) is 0.160. The van der Waals surface area contributed by atoms with Gasteiger partial charge in [-0.3, -0.25) is 0 Å². The maximum Gasteiger partial charge on any atom is 0.206 e. The Morgan fingerprint density at radius 3 is 2.52 bits per heavy atom. The van der Waals surface area contributed by atoms with Gasteiger partial charge in [-0.05, 0) is 59.9 Å². The maximum atomic E-state index is 13.3. The van der Waals surface area contributed by atoms with Gasteiger partial charge in [0.05, 0.1) is 9.79 Å². The lowest BCUT2D eigenvalue weighted by Crippen LogP contribution is -2.10. The lowest BCUT2D eigenvalue weighted by atomic mass is 9.91. The Hall–Kier alpha value is -1.69. The Kier molecular flexibility index (Phi) is 5.24. The summed E-state index contributed by atoms with van der Waals surface area (Å²) >= 11 is 0. The van der Waals surface area contributed by atoms with Gasteiger partial charge in [0.1, 0.15) is 5.82 Å². The van der Waals surface area contributed by atoms with Crippen LogP contribution in [0.5, 0.6) is 0 Å². The number of allylic oxidation sites excluding steroid dienone is 1. The minimum absolute atomic E-state index is 0. The van der Waals surface area contributed by atoms with Gasteiger partial charge < -0.3 is 5.73 Å². The highest BCUT2D eigenvalue weighted by Gasteiger charge is 2.21. The van der Waals surface area contributed by atoms with Gasteiger partial charge in [0.25, 0.3) is 0 Å². The van der Waals surface area contributed by atoms with E-state index in [1.54, 1.807) is 18.2 Å². The zero-order chi connectivity index (χ0) is 15.7. The van der Waals surface area contributed by atoms with Gasteiger partial charge in [-0.25, -0.2) is 12.8 Å². The third kappa shape index (κ3) is 3.32. The topological polar surface area (TPSA) is 60.2 Å². The third-order valence-electron chi connectivity index (χ3n) is 3.86. The molecular formula is C17H17ClFNO2S. The normalized spacial score (nSPS) is 13.7. The molecule has 23 heavy (non-hydrogen) atoms. The van der Waals surface area contributed by atoms with Crippen LogP contribution in [0, 0.1) is 5.82 Å². The molecule has 0 unspecified atom stereocenters. The van der Waals surface area contributed by atoms with Crippen molar-refractivity contribution in [2.24, 2.45) is 5.73 Å². The van der Waals surface area contributed by atoms with Crippen LogP contribution >= 0.6 is 12.4 Å². The molecule has 0 heterocycles. The number of halogens is 2. The summed E-state index contributed by atoms with van der Waals surface area (Å²) in [7, 11) is -3.71. The van der Waals surface area contributed by atoms with Crippen molar-refractivity contribution in [3.05, 3.63) is 65.5 Å². The van der Waals surface area contributed by atoms with E-state index in [1.807, 2.05) is 0 Å². The zero-order valence-corrected chi connectivity index (χ0v) is 14.0. The zero-order valence-electron chi connectivity index (χ0n) is 12.3. The van der Waals surface area contributed by atoms with E-state index < -0.39 is 15.7 Å². The Bertz CT molecular complexity index is 863. The van der Waals surface area contributed by atoms with Crippen molar-refractivity contribution in [3.8, 4) is 0 Å². The second kappa shape index (κ2) is 6.83.